The fourth-order valence-electron chi connectivity index (χ4n) is 2.31. The largest absolute Gasteiger partial charge is 0.469 e. The summed E-state index contributed by atoms with van der Waals surface area (Å²) in [6, 6.07) is 7.64. The third kappa shape index (κ3) is 5.14. The Hall–Kier alpha value is -1.39. The number of methoxy groups -OCH3 is 1. The zero-order valence-electron chi connectivity index (χ0n) is 13.4. The Labute approximate surface area is 127 Å². The summed E-state index contributed by atoms with van der Waals surface area (Å²) in [4.78, 5) is 11.4. The number of aliphatic hydroxyl groups excluding tert-OH is 1. The zero-order chi connectivity index (χ0) is 15.8. The van der Waals surface area contributed by atoms with Crippen LogP contribution in [0.15, 0.2) is 24.3 Å². The van der Waals surface area contributed by atoms with Crippen molar-refractivity contribution in [1.82, 2.24) is 5.32 Å². The number of aliphatic hydroxyl groups is 1. The first-order chi connectivity index (χ1) is 10.0. The monoisotopic (exact) mass is 293 g/mol. The van der Waals surface area contributed by atoms with Gasteiger partial charge in [0, 0.05) is 6.04 Å². The molecule has 1 rings (SSSR count). The Morgan fingerprint density at radius 3 is 2.29 bits per heavy atom. The first-order valence-corrected chi connectivity index (χ1v) is 7.61. The highest BCUT2D eigenvalue weighted by Gasteiger charge is 2.23. The van der Waals surface area contributed by atoms with Gasteiger partial charge in [0.2, 0.25) is 0 Å². The highest BCUT2D eigenvalue weighted by atomic mass is 16.5. The van der Waals surface area contributed by atoms with Crippen molar-refractivity contribution in [3.63, 3.8) is 0 Å². The molecule has 0 saturated heterocycles. The number of benzene rings is 1. The van der Waals surface area contributed by atoms with Gasteiger partial charge in [0.1, 0.15) is 0 Å². The van der Waals surface area contributed by atoms with E-state index in [1.54, 1.807) is 0 Å². The minimum atomic E-state index is -0.727. The van der Waals surface area contributed by atoms with Crippen molar-refractivity contribution < 1.29 is 14.6 Å². The molecule has 1 aromatic carbocycles. The number of hydrogen-bond donors (Lipinski definition) is 2. The van der Waals surface area contributed by atoms with E-state index in [2.05, 4.69) is 23.9 Å². The molecule has 0 aliphatic heterocycles. The lowest BCUT2D eigenvalue weighted by atomic mass is 9.94. The second-order valence-electron chi connectivity index (χ2n) is 5.37. The smallest absolute Gasteiger partial charge is 0.307 e. The standard InChI is InChI=1S/C17H27NO3/c1-5-12(3)13-7-9-14(10-8-13)17(20)15(18-6-2)11-16(19)21-4/h7-10,12,15,17-18,20H,5-6,11H2,1-4H3. The van der Waals surface area contributed by atoms with Crippen LogP contribution in [0.5, 0.6) is 0 Å². The maximum Gasteiger partial charge on any atom is 0.307 e. The molecule has 118 valence electrons. The lowest BCUT2D eigenvalue weighted by molar-refractivity contribution is -0.142. The summed E-state index contributed by atoms with van der Waals surface area (Å²) in [5.41, 5.74) is 2.08. The minimum absolute atomic E-state index is 0.151. The molecule has 0 bridgehead atoms. The number of rotatable bonds is 8. The third-order valence-corrected chi connectivity index (χ3v) is 3.92. The van der Waals surface area contributed by atoms with Crippen molar-refractivity contribution in [1.29, 1.82) is 0 Å². The van der Waals surface area contributed by atoms with Gasteiger partial charge < -0.3 is 15.2 Å². The van der Waals surface area contributed by atoms with E-state index in [0.717, 1.165) is 12.0 Å². The van der Waals surface area contributed by atoms with Gasteiger partial charge in [0.05, 0.1) is 19.6 Å². The summed E-state index contributed by atoms with van der Waals surface area (Å²) in [6.07, 6.45) is 0.512. The van der Waals surface area contributed by atoms with E-state index in [1.807, 2.05) is 31.2 Å². The fraction of sp³-hybridized carbons (Fsp3) is 0.588. The van der Waals surface area contributed by atoms with Crippen molar-refractivity contribution >= 4 is 5.97 Å². The predicted octanol–water partition coefficient (Wildman–Crippen LogP) is 2.77. The van der Waals surface area contributed by atoms with Crippen LogP contribution in [-0.2, 0) is 9.53 Å². The maximum absolute atomic E-state index is 11.4. The van der Waals surface area contributed by atoms with Crippen molar-refractivity contribution in [2.75, 3.05) is 13.7 Å². The van der Waals surface area contributed by atoms with Crippen LogP contribution in [0.4, 0.5) is 0 Å². The average molecular weight is 293 g/mol. The van der Waals surface area contributed by atoms with Crippen molar-refractivity contribution in [2.24, 2.45) is 0 Å². The van der Waals surface area contributed by atoms with Crippen molar-refractivity contribution in [3.05, 3.63) is 35.4 Å². The normalized spacial score (nSPS) is 15.3. The lowest BCUT2D eigenvalue weighted by Gasteiger charge is -2.23. The lowest BCUT2D eigenvalue weighted by Crippen LogP contribution is -2.37. The van der Waals surface area contributed by atoms with Gasteiger partial charge in [-0.3, -0.25) is 4.79 Å². The molecule has 2 N–H and O–H groups in total. The van der Waals surface area contributed by atoms with Crippen molar-refractivity contribution in [2.45, 2.75) is 51.7 Å². The Kier molecular flexibility index (Phi) is 7.40. The van der Waals surface area contributed by atoms with E-state index < -0.39 is 6.10 Å². The van der Waals surface area contributed by atoms with Crippen LogP contribution in [0.1, 0.15) is 56.8 Å². The Morgan fingerprint density at radius 2 is 1.81 bits per heavy atom. The molecule has 3 atom stereocenters. The van der Waals surface area contributed by atoms with Crippen LogP contribution in [0, 0.1) is 0 Å². The molecule has 4 nitrogen and oxygen atoms in total. The average Bonchev–Trinajstić information content (AvgIpc) is 2.52. The summed E-state index contributed by atoms with van der Waals surface area (Å²) in [5, 5.41) is 13.6. The van der Waals surface area contributed by atoms with E-state index in [9.17, 15) is 9.90 Å². The molecule has 0 amide bonds. The number of likely N-dealkylation sites (N-methyl/N-ethyl adjacent to an activating group) is 1. The molecule has 0 radical (unpaired) electrons. The van der Waals surface area contributed by atoms with Crippen LogP contribution in [0.2, 0.25) is 0 Å². The maximum atomic E-state index is 11.4. The summed E-state index contributed by atoms with van der Waals surface area (Å²) in [7, 11) is 1.36. The van der Waals surface area contributed by atoms with E-state index in [4.69, 9.17) is 0 Å². The summed E-state index contributed by atoms with van der Waals surface area (Å²) in [5.74, 6) is 0.187. The van der Waals surface area contributed by atoms with Gasteiger partial charge in [-0.15, -0.1) is 0 Å². The fourth-order valence-corrected chi connectivity index (χ4v) is 2.31. The third-order valence-electron chi connectivity index (χ3n) is 3.92. The molecular weight excluding hydrogens is 266 g/mol. The molecular formula is C17H27NO3. The molecule has 0 aromatic heterocycles. The zero-order valence-corrected chi connectivity index (χ0v) is 13.4. The van der Waals surface area contributed by atoms with Gasteiger partial charge >= 0.3 is 5.97 Å². The summed E-state index contributed by atoms with van der Waals surface area (Å²) in [6.45, 7) is 6.97. The quantitative estimate of drug-likeness (QED) is 0.724. The second kappa shape index (κ2) is 8.80. The molecule has 0 aliphatic carbocycles. The number of carbonyl (C=O) groups excluding carboxylic acids is 1. The van der Waals surface area contributed by atoms with Gasteiger partial charge in [-0.05, 0) is 30.0 Å². The Morgan fingerprint density at radius 1 is 1.24 bits per heavy atom. The van der Waals surface area contributed by atoms with E-state index in [0.29, 0.717) is 12.5 Å². The summed E-state index contributed by atoms with van der Waals surface area (Å²) >= 11 is 0. The van der Waals surface area contributed by atoms with Gasteiger partial charge in [0.25, 0.3) is 0 Å². The molecule has 21 heavy (non-hydrogen) atoms. The molecule has 0 heterocycles. The van der Waals surface area contributed by atoms with E-state index >= 15 is 0 Å². The SMILES string of the molecule is CCNC(CC(=O)OC)C(O)c1ccc(C(C)CC)cc1. The van der Waals surface area contributed by atoms with Gasteiger partial charge in [-0.25, -0.2) is 0 Å². The van der Waals surface area contributed by atoms with Crippen LogP contribution >= 0.6 is 0 Å². The number of nitrogens with one attached hydrogen (secondary N) is 1. The Bertz CT molecular complexity index is 430. The highest BCUT2D eigenvalue weighted by Crippen LogP contribution is 2.24. The van der Waals surface area contributed by atoms with Crippen LogP contribution in [0.3, 0.4) is 0 Å². The minimum Gasteiger partial charge on any atom is -0.469 e. The molecule has 0 spiro atoms. The van der Waals surface area contributed by atoms with Gasteiger partial charge in [-0.2, -0.15) is 0 Å². The number of ether oxygens (including phenoxy) is 1. The van der Waals surface area contributed by atoms with Gasteiger partial charge in [-0.1, -0.05) is 45.0 Å². The first-order valence-electron chi connectivity index (χ1n) is 7.61. The molecule has 0 aliphatic rings. The van der Waals surface area contributed by atoms with Crippen LogP contribution in [0.25, 0.3) is 0 Å². The van der Waals surface area contributed by atoms with Crippen molar-refractivity contribution in [3.8, 4) is 0 Å². The van der Waals surface area contributed by atoms with Crippen LogP contribution in [-0.4, -0.2) is 30.8 Å². The topological polar surface area (TPSA) is 58.6 Å². The second-order valence-corrected chi connectivity index (χ2v) is 5.37. The predicted molar refractivity (Wildman–Crippen MR) is 84.2 cm³/mol. The van der Waals surface area contributed by atoms with Gasteiger partial charge in [0.15, 0.2) is 0 Å². The molecule has 3 unspecified atom stereocenters. The number of esters is 1. The number of hydrogen-bond acceptors (Lipinski definition) is 4. The van der Waals surface area contributed by atoms with E-state index in [1.165, 1.54) is 12.7 Å². The highest BCUT2D eigenvalue weighted by molar-refractivity contribution is 5.70. The number of carbonyl (C=O) groups is 1. The Balaban J connectivity index is 2.82. The van der Waals surface area contributed by atoms with E-state index in [-0.39, 0.29) is 18.4 Å². The summed E-state index contributed by atoms with van der Waals surface area (Å²) < 4.78 is 4.69. The first kappa shape index (κ1) is 17.7. The molecule has 1 aromatic rings. The molecule has 4 heteroatoms. The molecule has 0 saturated carbocycles. The molecule has 0 fully saturated rings. The van der Waals surface area contributed by atoms with Crippen LogP contribution < -0.4 is 5.32 Å².